The van der Waals surface area contributed by atoms with Gasteiger partial charge in [-0.15, -0.1) is 0 Å². The Morgan fingerprint density at radius 1 is 1.11 bits per heavy atom. The number of halogens is 1. The molecule has 0 aliphatic heterocycles. The van der Waals surface area contributed by atoms with Crippen LogP contribution in [0.15, 0.2) is 47.4 Å². The van der Waals surface area contributed by atoms with E-state index in [0.29, 0.717) is 16.2 Å². The number of nitrogens with zero attached hydrogens (tertiary/aromatic N) is 2. The van der Waals surface area contributed by atoms with Crippen molar-refractivity contribution in [2.45, 2.75) is 0 Å². The molecule has 0 atom stereocenters. The topological polar surface area (TPSA) is 58.6 Å². The van der Waals surface area contributed by atoms with Crippen LogP contribution in [-0.4, -0.2) is 15.2 Å². The van der Waals surface area contributed by atoms with Crippen LogP contribution in [0.3, 0.4) is 0 Å². The summed E-state index contributed by atoms with van der Waals surface area (Å²) in [5.74, 6) is 0. The predicted octanol–water partition coefficient (Wildman–Crippen LogP) is 2.64. The number of rotatable bonds is 1. The number of nitrogens with one attached hydrogen (secondary N) is 1. The minimum absolute atomic E-state index is 0.289. The van der Waals surface area contributed by atoms with Gasteiger partial charge in [0.2, 0.25) is 0 Å². The second kappa shape index (κ2) is 4.23. The van der Waals surface area contributed by atoms with Crippen LogP contribution in [0.1, 0.15) is 0 Å². The molecule has 0 saturated heterocycles. The fraction of sp³-hybridized carbons (Fsp3) is 0. The van der Waals surface area contributed by atoms with E-state index in [1.807, 2.05) is 18.2 Å². The second-order valence-corrected chi connectivity index (χ2v) is 4.24. The van der Waals surface area contributed by atoms with Gasteiger partial charge in [0.05, 0.1) is 0 Å². The van der Waals surface area contributed by atoms with E-state index in [1.54, 1.807) is 24.4 Å². The van der Waals surface area contributed by atoms with Crippen molar-refractivity contribution in [3.05, 3.63) is 58.0 Å². The Morgan fingerprint density at radius 2 is 1.89 bits per heavy atom. The lowest BCUT2D eigenvalue weighted by Crippen LogP contribution is -2.10. The third-order valence-electron chi connectivity index (χ3n) is 2.66. The lowest BCUT2D eigenvalue weighted by atomic mass is 10.1. The van der Waals surface area contributed by atoms with Crippen molar-refractivity contribution in [3.63, 3.8) is 0 Å². The van der Waals surface area contributed by atoms with E-state index in [4.69, 9.17) is 11.6 Å². The van der Waals surface area contributed by atoms with Gasteiger partial charge in [-0.3, -0.25) is 9.78 Å². The third-order valence-corrected chi connectivity index (χ3v) is 2.92. The normalized spacial score (nSPS) is 10.7. The van der Waals surface area contributed by atoms with Gasteiger partial charge < -0.3 is 0 Å². The molecule has 5 heteroatoms. The largest absolute Gasteiger partial charge is 0.290 e. The van der Waals surface area contributed by atoms with Gasteiger partial charge in [-0.1, -0.05) is 23.7 Å². The predicted molar refractivity (Wildman–Crippen MR) is 70.6 cm³/mol. The lowest BCUT2D eigenvalue weighted by molar-refractivity contribution is 1.01. The van der Waals surface area contributed by atoms with E-state index < -0.39 is 0 Å². The molecule has 0 aliphatic carbocycles. The molecule has 0 spiro atoms. The highest BCUT2D eigenvalue weighted by Gasteiger charge is 2.08. The van der Waals surface area contributed by atoms with E-state index in [2.05, 4.69) is 15.2 Å². The molecule has 0 unspecified atom stereocenters. The van der Waals surface area contributed by atoms with Crippen LogP contribution >= 0.6 is 11.6 Å². The molecule has 4 nitrogen and oxygen atoms in total. The number of pyridine rings is 1. The summed E-state index contributed by atoms with van der Waals surface area (Å²) >= 11 is 5.85. The molecule has 0 amide bonds. The Morgan fingerprint density at radius 3 is 2.67 bits per heavy atom. The Hall–Kier alpha value is -2.20. The van der Waals surface area contributed by atoms with Crippen LogP contribution in [0, 0.1) is 0 Å². The first kappa shape index (κ1) is 10.9. The summed E-state index contributed by atoms with van der Waals surface area (Å²) in [6.07, 6.45) is 1.59. The van der Waals surface area contributed by atoms with Gasteiger partial charge >= 0.3 is 0 Å². The molecule has 3 rings (SSSR count). The van der Waals surface area contributed by atoms with Crippen LogP contribution in [-0.2, 0) is 0 Å². The number of hydrogen-bond acceptors (Lipinski definition) is 3. The van der Waals surface area contributed by atoms with E-state index in [-0.39, 0.29) is 5.56 Å². The van der Waals surface area contributed by atoms with Crippen LogP contribution in [0.4, 0.5) is 0 Å². The van der Waals surface area contributed by atoms with Crippen molar-refractivity contribution in [1.82, 2.24) is 15.2 Å². The fourth-order valence-corrected chi connectivity index (χ4v) is 1.95. The molecule has 3 aromatic rings. The average Bonchev–Trinajstić information content (AvgIpc) is 2.41. The average molecular weight is 258 g/mol. The van der Waals surface area contributed by atoms with E-state index in [9.17, 15) is 4.79 Å². The lowest BCUT2D eigenvalue weighted by Gasteiger charge is -2.04. The van der Waals surface area contributed by atoms with E-state index >= 15 is 0 Å². The summed E-state index contributed by atoms with van der Waals surface area (Å²) in [5, 5.41) is 7.92. The highest BCUT2D eigenvalue weighted by molar-refractivity contribution is 6.30. The van der Waals surface area contributed by atoms with Crippen molar-refractivity contribution >= 4 is 22.5 Å². The first-order valence-electron chi connectivity index (χ1n) is 5.35. The molecule has 2 heterocycles. The number of aromatic amines is 1. The molecule has 88 valence electrons. The molecule has 1 N–H and O–H groups in total. The SMILES string of the molecule is O=c1[nH]nc(-c2ccc(Cl)cc2)c2cccnc12. The molecular weight excluding hydrogens is 250 g/mol. The van der Waals surface area contributed by atoms with E-state index in [1.165, 1.54) is 0 Å². The quantitative estimate of drug-likeness (QED) is 0.729. The van der Waals surface area contributed by atoms with Crippen molar-refractivity contribution in [3.8, 4) is 11.3 Å². The highest BCUT2D eigenvalue weighted by Crippen LogP contribution is 2.24. The molecule has 2 aromatic heterocycles. The second-order valence-electron chi connectivity index (χ2n) is 3.81. The Labute approximate surface area is 107 Å². The van der Waals surface area contributed by atoms with Crippen LogP contribution in [0.25, 0.3) is 22.2 Å². The molecule has 0 radical (unpaired) electrons. The molecule has 0 aliphatic rings. The van der Waals surface area contributed by atoms with E-state index in [0.717, 1.165) is 10.9 Å². The summed E-state index contributed by atoms with van der Waals surface area (Å²) in [5.41, 5.74) is 1.67. The summed E-state index contributed by atoms with van der Waals surface area (Å²) in [6, 6.07) is 10.9. The first-order valence-corrected chi connectivity index (χ1v) is 5.73. The maximum absolute atomic E-state index is 11.6. The molecule has 0 bridgehead atoms. The van der Waals surface area contributed by atoms with Crippen molar-refractivity contribution in [2.24, 2.45) is 0 Å². The Bertz CT molecular complexity index is 765. The summed E-state index contributed by atoms with van der Waals surface area (Å²) in [4.78, 5) is 15.7. The molecular formula is C13H8ClN3O. The number of fused-ring (bicyclic) bond motifs is 1. The Balaban J connectivity index is 2.33. The highest BCUT2D eigenvalue weighted by atomic mass is 35.5. The first-order chi connectivity index (χ1) is 8.75. The zero-order valence-corrected chi connectivity index (χ0v) is 9.98. The van der Waals surface area contributed by atoms with Crippen molar-refractivity contribution in [1.29, 1.82) is 0 Å². The maximum atomic E-state index is 11.6. The molecule has 0 fully saturated rings. The van der Waals surface area contributed by atoms with Gasteiger partial charge in [-0.25, -0.2) is 5.10 Å². The van der Waals surface area contributed by atoms with Gasteiger partial charge in [0.25, 0.3) is 5.56 Å². The van der Waals surface area contributed by atoms with Gasteiger partial charge in [0.15, 0.2) is 0 Å². The molecule has 1 aromatic carbocycles. The third kappa shape index (κ3) is 1.76. The van der Waals surface area contributed by atoms with Crippen molar-refractivity contribution in [2.75, 3.05) is 0 Å². The van der Waals surface area contributed by atoms with Gasteiger partial charge in [0.1, 0.15) is 11.2 Å². The van der Waals surface area contributed by atoms with Crippen LogP contribution < -0.4 is 5.56 Å². The number of H-pyrrole nitrogens is 1. The molecule has 18 heavy (non-hydrogen) atoms. The van der Waals surface area contributed by atoms with Crippen LogP contribution in [0.5, 0.6) is 0 Å². The van der Waals surface area contributed by atoms with Crippen LogP contribution in [0.2, 0.25) is 5.02 Å². The minimum Gasteiger partial charge on any atom is -0.266 e. The summed E-state index contributed by atoms with van der Waals surface area (Å²) in [7, 11) is 0. The number of aromatic nitrogens is 3. The maximum Gasteiger partial charge on any atom is 0.290 e. The standard InChI is InChI=1S/C13H8ClN3O/c14-9-5-3-8(4-6-9)11-10-2-1-7-15-12(10)13(18)17-16-11/h1-7H,(H,17,18). The monoisotopic (exact) mass is 257 g/mol. The van der Waals surface area contributed by atoms with Gasteiger partial charge in [0, 0.05) is 22.2 Å². The molecule has 0 saturated carbocycles. The Kier molecular flexibility index (Phi) is 2.57. The van der Waals surface area contributed by atoms with Gasteiger partial charge in [-0.2, -0.15) is 5.10 Å². The zero-order valence-electron chi connectivity index (χ0n) is 9.22. The number of benzene rings is 1. The number of hydrogen-bond donors (Lipinski definition) is 1. The van der Waals surface area contributed by atoms with Gasteiger partial charge in [-0.05, 0) is 24.3 Å². The van der Waals surface area contributed by atoms with Crippen molar-refractivity contribution < 1.29 is 0 Å². The summed E-state index contributed by atoms with van der Waals surface area (Å²) < 4.78 is 0. The summed E-state index contributed by atoms with van der Waals surface area (Å²) in [6.45, 7) is 0. The fourth-order valence-electron chi connectivity index (χ4n) is 1.82. The smallest absolute Gasteiger partial charge is 0.266 e. The minimum atomic E-state index is -0.289. The zero-order chi connectivity index (χ0) is 12.5.